The second-order valence-corrected chi connectivity index (χ2v) is 5.75. The fraction of sp³-hybridized carbons (Fsp3) is 0.312. The van der Waals surface area contributed by atoms with Gasteiger partial charge >= 0.3 is 5.97 Å². The molecule has 20 heavy (non-hydrogen) atoms. The van der Waals surface area contributed by atoms with Crippen molar-refractivity contribution in [1.29, 1.82) is 0 Å². The quantitative estimate of drug-likeness (QED) is 0.922. The Morgan fingerprint density at radius 2 is 1.80 bits per heavy atom. The normalized spacial score (nSPS) is 17.2. The molecule has 1 saturated carbocycles. The van der Waals surface area contributed by atoms with Crippen LogP contribution in [-0.2, 0) is 10.3 Å². The fourth-order valence-electron chi connectivity index (χ4n) is 3.13. The van der Waals surface area contributed by atoms with E-state index in [4.69, 9.17) is 11.6 Å². The third-order valence-corrected chi connectivity index (χ3v) is 4.43. The molecule has 1 aliphatic carbocycles. The van der Waals surface area contributed by atoms with Gasteiger partial charge in [0.1, 0.15) is 5.54 Å². The molecule has 0 radical (unpaired) electrons. The average molecular weight is 290 g/mol. The van der Waals surface area contributed by atoms with Gasteiger partial charge in [-0.25, -0.2) is 4.79 Å². The van der Waals surface area contributed by atoms with Crippen molar-refractivity contribution in [3.8, 4) is 11.3 Å². The smallest absolute Gasteiger partial charge is 0.329 e. The van der Waals surface area contributed by atoms with Gasteiger partial charge < -0.3 is 9.67 Å². The summed E-state index contributed by atoms with van der Waals surface area (Å²) in [7, 11) is 0. The number of carboxylic acid groups (broad SMARTS) is 1. The summed E-state index contributed by atoms with van der Waals surface area (Å²) in [6, 6.07) is 11.4. The van der Waals surface area contributed by atoms with E-state index in [9.17, 15) is 9.90 Å². The van der Waals surface area contributed by atoms with Gasteiger partial charge in [0.25, 0.3) is 0 Å². The SMILES string of the molecule is O=C(O)C1(n2cccc2-c2ccc(Cl)cc2)CCCC1. The largest absolute Gasteiger partial charge is 0.479 e. The monoisotopic (exact) mass is 289 g/mol. The van der Waals surface area contributed by atoms with Crippen molar-refractivity contribution in [2.24, 2.45) is 0 Å². The highest BCUT2D eigenvalue weighted by molar-refractivity contribution is 6.30. The number of hydrogen-bond acceptors (Lipinski definition) is 1. The maximum atomic E-state index is 11.8. The van der Waals surface area contributed by atoms with Gasteiger partial charge in [-0.3, -0.25) is 0 Å². The topological polar surface area (TPSA) is 42.2 Å². The first-order chi connectivity index (χ1) is 9.63. The Kier molecular flexibility index (Phi) is 3.30. The van der Waals surface area contributed by atoms with E-state index in [0.29, 0.717) is 17.9 Å². The first-order valence-corrected chi connectivity index (χ1v) is 7.18. The summed E-state index contributed by atoms with van der Waals surface area (Å²) in [5, 5.41) is 10.4. The molecule has 0 amide bonds. The van der Waals surface area contributed by atoms with E-state index < -0.39 is 11.5 Å². The van der Waals surface area contributed by atoms with E-state index in [-0.39, 0.29) is 0 Å². The molecule has 1 aromatic heterocycles. The van der Waals surface area contributed by atoms with Crippen molar-refractivity contribution in [2.75, 3.05) is 0 Å². The number of hydrogen-bond donors (Lipinski definition) is 1. The van der Waals surface area contributed by atoms with Gasteiger partial charge in [0.15, 0.2) is 0 Å². The highest BCUT2D eigenvalue weighted by Gasteiger charge is 2.43. The summed E-state index contributed by atoms with van der Waals surface area (Å²) < 4.78 is 1.92. The Morgan fingerprint density at radius 3 is 2.40 bits per heavy atom. The summed E-state index contributed by atoms with van der Waals surface area (Å²) in [5.41, 5.74) is 1.14. The molecule has 0 atom stereocenters. The van der Waals surface area contributed by atoms with E-state index in [1.807, 2.05) is 47.2 Å². The molecule has 0 spiro atoms. The molecule has 0 saturated heterocycles. The van der Waals surface area contributed by atoms with Gasteiger partial charge in [0.2, 0.25) is 0 Å². The standard InChI is InChI=1S/C16H16ClNO2/c17-13-7-5-12(6-8-13)14-4-3-11-18(14)16(15(19)20)9-1-2-10-16/h3-8,11H,1-2,9-10H2,(H,19,20). The minimum absolute atomic E-state index is 0.681. The van der Waals surface area contributed by atoms with E-state index in [2.05, 4.69) is 0 Å². The molecule has 1 N–H and O–H groups in total. The van der Waals surface area contributed by atoms with Crippen LogP contribution in [0.5, 0.6) is 0 Å². The van der Waals surface area contributed by atoms with Crippen LogP contribution < -0.4 is 0 Å². The molecule has 4 heteroatoms. The molecule has 3 rings (SSSR count). The highest BCUT2D eigenvalue weighted by Crippen LogP contribution is 2.40. The van der Waals surface area contributed by atoms with Crippen LogP contribution in [-0.4, -0.2) is 15.6 Å². The maximum Gasteiger partial charge on any atom is 0.329 e. The third kappa shape index (κ3) is 2.02. The van der Waals surface area contributed by atoms with Crippen LogP contribution in [0.3, 0.4) is 0 Å². The van der Waals surface area contributed by atoms with E-state index >= 15 is 0 Å². The Hall–Kier alpha value is -1.74. The van der Waals surface area contributed by atoms with Crippen LogP contribution in [0.1, 0.15) is 25.7 Å². The summed E-state index contributed by atoms with van der Waals surface area (Å²) >= 11 is 5.92. The predicted molar refractivity (Wildman–Crippen MR) is 79.0 cm³/mol. The molecule has 0 unspecified atom stereocenters. The van der Waals surface area contributed by atoms with Crippen molar-refractivity contribution in [1.82, 2.24) is 4.57 Å². The molecule has 1 fully saturated rings. The molecule has 1 aliphatic rings. The van der Waals surface area contributed by atoms with Crippen LogP contribution in [0.15, 0.2) is 42.6 Å². The third-order valence-electron chi connectivity index (χ3n) is 4.18. The lowest BCUT2D eigenvalue weighted by Gasteiger charge is -2.28. The van der Waals surface area contributed by atoms with Gasteiger partial charge in [0.05, 0.1) is 0 Å². The zero-order chi connectivity index (χ0) is 14.2. The molecular weight excluding hydrogens is 274 g/mol. The number of nitrogens with zero attached hydrogens (tertiary/aromatic N) is 1. The maximum absolute atomic E-state index is 11.8. The molecule has 1 heterocycles. The first-order valence-electron chi connectivity index (χ1n) is 6.81. The number of aliphatic carboxylic acids is 1. The number of benzene rings is 1. The van der Waals surface area contributed by atoms with Crippen molar-refractivity contribution < 1.29 is 9.90 Å². The van der Waals surface area contributed by atoms with E-state index in [0.717, 1.165) is 24.1 Å². The molecule has 0 aliphatic heterocycles. The summed E-state index contributed by atoms with van der Waals surface area (Å²) in [5.74, 6) is -0.735. The number of carbonyl (C=O) groups is 1. The highest BCUT2D eigenvalue weighted by atomic mass is 35.5. The Bertz CT molecular complexity index is 624. The van der Waals surface area contributed by atoms with Gasteiger partial charge in [-0.15, -0.1) is 0 Å². The minimum Gasteiger partial charge on any atom is -0.479 e. The van der Waals surface area contributed by atoms with Crippen LogP contribution in [0.2, 0.25) is 5.02 Å². The molecule has 3 nitrogen and oxygen atoms in total. The van der Waals surface area contributed by atoms with Crippen molar-refractivity contribution in [3.63, 3.8) is 0 Å². The summed E-state index contributed by atoms with van der Waals surface area (Å²) in [6.45, 7) is 0. The average Bonchev–Trinajstić information content (AvgIpc) is 3.09. The van der Waals surface area contributed by atoms with Gasteiger partial charge in [0, 0.05) is 16.9 Å². The van der Waals surface area contributed by atoms with Gasteiger partial charge in [-0.05, 0) is 42.7 Å². The Balaban J connectivity index is 2.10. The van der Waals surface area contributed by atoms with Gasteiger partial charge in [-0.1, -0.05) is 36.6 Å². The number of carboxylic acids is 1. The van der Waals surface area contributed by atoms with Crippen LogP contribution in [0, 0.1) is 0 Å². The van der Waals surface area contributed by atoms with E-state index in [1.165, 1.54) is 0 Å². The van der Waals surface area contributed by atoms with Crippen molar-refractivity contribution >= 4 is 17.6 Å². The summed E-state index contributed by atoms with van der Waals surface area (Å²) in [6.07, 6.45) is 5.19. The second kappa shape index (κ2) is 4.98. The van der Waals surface area contributed by atoms with Crippen molar-refractivity contribution in [3.05, 3.63) is 47.6 Å². The Labute approximate surface area is 122 Å². The molecule has 1 aromatic carbocycles. The molecule has 104 valence electrons. The Morgan fingerprint density at radius 1 is 1.15 bits per heavy atom. The minimum atomic E-state index is -0.793. The molecule has 0 bridgehead atoms. The number of aromatic nitrogens is 1. The lowest BCUT2D eigenvalue weighted by Crippen LogP contribution is -2.39. The zero-order valence-corrected chi connectivity index (χ0v) is 11.8. The van der Waals surface area contributed by atoms with Crippen LogP contribution in [0.4, 0.5) is 0 Å². The number of rotatable bonds is 3. The lowest BCUT2D eigenvalue weighted by molar-refractivity contribution is -0.147. The summed E-state index contributed by atoms with van der Waals surface area (Å²) in [4.78, 5) is 11.8. The van der Waals surface area contributed by atoms with Gasteiger partial charge in [-0.2, -0.15) is 0 Å². The zero-order valence-electron chi connectivity index (χ0n) is 11.1. The first kappa shape index (κ1) is 13.3. The fourth-order valence-corrected chi connectivity index (χ4v) is 3.25. The van der Waals surface area contributed by atoms with Crippen molar-refractivity contribution in [2.45, 2.75) is 31.2 Å². The molecular formula is C16H16ClNO2. The van der Waals surface area contributed by atoms with E-state index in [1.54, 1.807) is 0 Å². The molecule has 2 aromatic rings. The lowest BCUT2D eigenvalue weighted by atomic mass is 9.96. The van der Waals surface area contributed by atoms with Crippen LogP contribution >= 0.6 is 11.6 Å². The number of halogens is 1. The second-order valence-electron chi connectivity index (χ2n) is 5.31. The van der Waals surface area contributed by atoms with Crippen LogP contribution in [0.25, 0.3) is 11.3 Å². The predicted octanol–water partition coefficient (Wildman–Crippen LogP) is 4.16.